The quantitative estimate of drug-likeness (QED) is 0.461. The van der Waals surface area contributed by atoms with Crippen molar-refractivity contribution in [2.45, 2.75) is 11.5 Å². The molecule has 2 atom stereocenters. The van der Waals surface area contributed by atoms with Gasteiger partial charge in [-0.3, -0.25) is 4.55 Å². The average molecular weight is 199 g/mol. The maximum Gasteiger partial charge on any atom is 0.292 e. The Hall–Kier alpha value is -0.210. The van der Waals surface area contributed by atoms with Crippen LogP contribution in [0.3, 0.4) is 0 Å². The molecule has 0 saturated heterocycles. The number of hydrogen-bond acceptors (Lipinski definition) is 5. The summed E-state index contributed by atoms with van der Waals surface area (Å²) in [6, 6.07) is 0. The minimum atomic E-state index is -4.33. The molecule has 0 aromatic carbocycles. The molecule has 0 fully saturated rings. The van der Waals surface area contributed by atoms with Crippen molar-refractivity contribution in [3.8, 4) is 0 Å². The fraction of sp³-hybridized carbons (Fsp3) is 0.800. The lowest BCUT2D eigenvalue weighted by atomic mass is 10.4. The van der Waals surface area contributed by atoms with E-state index in [1.807, 2.05) is 0 Å². The maximum atomic E-state index is 10.3. The largest absolute Gasteiger partial charge is 0.394 e. The van der Waals surface area contributed by atoms with Gasteiger partial charge >= 0.3 is 0 Å². The van der Waals surface area contributed by atoms with Crippen molar-refractivity contribution in [1.82, 2.24) is 0 Å². The average Bonchev–Trinajstić information content (AvgIpc) is 1.97. The Morgan fingerprint density at radius 1 is 1.50 bits per heavy atom. The second kappa shape index (κ2) is 4.73. The van der Waals surface area contributed by atoms with E-state index >= 15 is 0 Å². The Bertz CT molecular complexity index is 210. The third-order valence-corrected chi connectivity index (χ3v) is 1.82. The van der Waals surface area contributed by atoms with Crippen molar-refractivity contribution >= 4 is 10.1 Å². The Kier molecular flexibility index (Phi) is 4.64. The zero-order valence-corrected chi connectivity index (χ0v) is 7.07. The summed E-state index contributed by atoms with van der Waals surface area (Å²) in [5.41, 5.74) is -1.64. The van der Waals surface area contributed by atoms with Crippen LogP contribution < -0.4 is 0 Å². The fourth-order valence-corrected chi connectivity index (χ4v) is 0.608. The predicted octanol–water partition coefficient (Wildman–Crippen LogP) is -1.60. The van der Waals surface area contributed by atoms with Gasteiger partial charge < -0.3 is 14.9 Å². The highest BCUT2D eigenvalue weighted by atomic mass is 32.2. The molecular formula is C5H11O6S. The van der Waals surface area contributed by atoms with E-state index in [1.165, 1.54) is 0 Å². The van der Waals surface area contributed by atoms with Crippen LogP contribution in [0.2, 0.25) is 0 Å². The highest BCUT2D eigenvalue weighted by Gasteiger charge is 2.18. The standard InChI is InChI=1S/C5H11O6S/c1-4(12(8,9)10)11-3-5(7)2-6/h4-7H,1-3H2,(H,8,9,10). The van der Waals surface area contributed by atoms with Crippen LogP contribution in [-0.2, 0) is 14.9 Å². The van der Waals surface area contributed by atoms with Crippen LogP contribution in [0.4, 0.5) is 0 Å². The molecule has 0 aliphatic heterocycles. The van der Waals surface area contributed by atoms with Gasteiger partial charge in [0.05, 0.1) is 13.2 Å². The van der Waals surface area contributed by atoms with E-state index in [-0.39, 0.29) is 0 Å². The van der Waals surface area contributed by atoms with E-state index in [2.05, 4.69) is 11.7 Å². The zero-order chi connectivity index (χ0) is 9.78. The SMILES string of the molecule is [CH2]C(OCC(O)CO)S(=O)(=O)O. The number of aliphatic hydroxyl groups is 2. The van der Waals surface area contributed by atoms with E-state index in [4.69, 9.17) is 14.8 Å². The monoisotopic (exact) mass is 199 g/mol. The molecule has 0 heterocycles. The Labute approximate surface area is 70.5 Å². The number of ether oxygens (including phenoxy) is 1. The predicted molar refractivity (Wildman–Crippen MR) is 39.7 cm³/mol. The Balaban J connectivity index is 3.80. The first-order chi connectivity index (χ1) is 5.38. The molecule has 0 aliphatic carbocycles. The smallest absolute Gasteiger partial charge is 0.292 e. The van der Waals surface area contributed by atoms with Gasteiger partial charge in [0, 0.05) is 0 Å². The maximum absolute atomic E-state index is 10.3. The van der Waals surface area contributed by atoms with E-state index in [9.17, 15) is 8.42 Å². The minimum Gasteiger partial charge on any atom is -0.394 e. The molecule has 0 spiro atoms. The van der Waals surface area contributed by atoms with Gasteiger partial charge in [0.15, 0.2) is 5.44 Å². The van der Waals surface area contributed by atoms with Gasteiger partial charge in [0.25, 0.3) is 10.1 Å². The second-order valence-electron chi connectivity index (χ2n) is 2.11. The first kappa shape index (κ1) is 11.8. The van der Waals surface area contributed by atoms with Crippen molar-refractivity contribution in [1.29, 1.82) is 0 Å². The van der Waals surface area contributed by atoms with Crippen LogP contribution >= 0.6 is 0 Å². The third-order valence-electron chi connectivity index (χ3n) is 1.02. The Morgan fingerprint density at radius 2 is 2.00 bits per heavy atom. The Morgan fingerprint density at radius 3 is 2.33 bits per heavy atom. The van der Waals surface area contributed by atoms with Gasteiger partial charge in [-0.2, -0.15) is 8.42 Å². The highest BCUT2D eigenvalue weighted by molar-refractivity contribution is 7.86. The molecule has 73 valence electrons. The third kappa shape index (κ3) is 4.62. The summed E-state index contributed by atoms with van der Waals surface area (Å²) < 4.78 is 33.2. The van der Waals surface area contributed by atoms with Gasteiger partial charge in [-0.15, -0.1) is 0 Å². The summed E-state index contributed by atoms with van der Waals surface area (Å²) in [6.45, 7) is 2.02. The first-order valence-electron chi connectivity index (χ1n) is 3.08. The van der Waals surface area contributed by atoms with Crippen molar-refractivity contribution < 1.29 is 27.9 Å². The molecule has 12 heavy (non-hydrogen) atoms. The lowest BCUT2D eigenvalue weighted by molar-refractivity contribution is 0.00323. The number of hydrogen-bond donors (Lipinski definition) is 3. The first-order valence-corrected chi connectivity index (χ1v) is 4.58. The van der Waals surface area contributed by atoms with Crippen LogP contribution in [0.1, 0.15) is 0 Å². The van der Waals surface area contributed by atoms with Gasteiger partial charge in [0.2, 0.25) is 0 Å². The summed E-state index contributed by atoms with van der Waals surface area (Å²) in [7, 11) is -4.33. The summed E-state index contributed by atoms with van der Waals surface area (Å²) in [4.78, 5) is 0. The lowest BCUT2D eigenvalue weighted by Gasteiger charge is -2.11. The molecular weight excluding hydrogens is 188 g/mol. The molecule has 6 nitrogen and oxygen atoms in total. The molecule has 0 saturated carbocycles. The molecule has 1 radical (unpaired) electrons. The van der Waals surface area contributed by atoms with Crippen LogP contribution in [0, 0.1) is 6.92 Å². The highest BCUT2D eigenvalue weighted by Crippen LogP contribution is 1.99. The molecule has 2 unspecified atom stereocenters. The van der Waals surface area contributed by atoms with E-state index in [0.717, 1.165) is 0 Å². The van der Waals surface area contributed by atoms with Crippen molar-refractivity contribution in [3.05, 3.63) is 6.92 Å². The molecule has 0 aliphatic rings. The van der Waals surface area contributed by atoms with Gasteiger partial charge in [-0.25, -0.2) is 0 Å². The summed E-state index contributed by atoms with van der Waals surface area (Å²) >= 11 is 0. The molecule has 0 rings (SSSR count). The van der Waals surface area contributed by atoms with Crippen molar-refractivity contribution in [2.75, 3.05) is 13.2 Å². The lowest BCUT2D eigenvalue weighted by Crippen LogP contribution is -2.27. The molecule has 0 amide bonds. The molecule has 0 aromatic rings. The van der Waals surface area contributed by atoms with Gasteiger partial charge in [0.1, 0.15) is 6.10 Å². The molecule has 3 N–H and O–H groups in total. The van der Waals surface area contributed by atoms with Crippen LogP contribution in [0.5, 0.6) is 0 Å². The molecule has 0 aromatic heterocycles. The summed E-state index contributed by atoms with van der Waals surface area (Å²) in [5.74, 6) is 0. The van der Waals surface area contributed by atoms with Gasteiger partial charge in [-0.05, 0) is 6.92 Å². The normalized spacial score (nSPS) is 17.3. The molecule has 0 bridgehead atoms. The number of rotatable bonds is 5. The van der Waals surface area contributed by atoms with E-state index < -0.39 is 34.9 Å². The van der Waals surface area contributed by atoms with E-state index in [1.54, 1.807) is 0 Å². The summed E-state index contributed by atoms with van der Waals surface area (Å²) in [6.07, 6.45) is -1.17. The van der Waals surface area contributed by atoms with Crippen LogP contribution in [-0.4, -0.2) is 47.9 Å². The van der Waals surface area contributed by atoms with Crippen LogP contribution in [0.15, 0.2) is 0 Å². The fourth-order valence-electron chi connectivity index (χ4n) is 0.357. The molecule has 7 heteroatoms. The number of aliphatic hydroxyl groups excluding tert-OH is 2. The zero-order valence-electron chi connectivity index (χ0n) is 6.25. The van der Waals surface area contributed by atoms with Crippen molar-refractivity contribution in [3.63, 3.8) is 0 Å². The topological polar surface area (TPSA) is 104 Å². The summed E-state index contributed by atoms with van der Waals surface area (Å²) in [5, 5.41) is 17.0. The van der Waals surface area contributed by atoms with E-state index in [0.29, 0.717) is 0 Å². The van der Waals surface area contributed by atoms with Crippen molar-refractivity contribution in [2.24, 2.45) is 0 Å². The second-order valence-corrected chi connectivity index (χ2v) is 3.67. The minimum absolute atomic E-state index is 0.398. The van der Waals surface area contributed by atoms with Gasteiger partial charge in [-0.1, -0.05) is 0 Å². The van der Waals surface area contributed by atoms with Crippen LogP contribution in [0.25, 0.3) is 0 Å².